The number of aryl methyl sites for hydroxylation is 1. The molecule has 0 unspecified atom stereocenters. The first-order chi connectivity index (χ1) is 17.3. The van der Waals surface area contributed by atoms with Crippen molar-refractivity contribution in [1.29, 1.82) is 0 Å². The van der Waals surface area contributed by atoms with Gasteiger partial charge in [0.1, 0.15) is 18.9 Å². The molecule has 0 bridgehead atoms. The number of imide groups is 1. The third kappa shape index (κ3) is 5.97. The van der Waals surface area contributed by atoms with Crippen molar-refractivity contribution in [2.45, 2.75) is 13.5 Å². The monoisotopic (exact) mass is 503 g/mol. The number of nitrogens with one attached hydrogen (secondary N) is 1. The summed E-state index contributed by atoms with van der Waals surface area (Å²) in [4.78, 5) is 49.2. The zero-order valence-corrected chi connectivity index (χ0v) is 20.0. The summed E-state index contributed by atoms with van der Waals surface area (Å²) in [5.41, 5.74) is 2.85. The van der Waals surface area contributed by atoms with Crippen molar-refractivity contribution >= 4 is 46.3 Å². The summed E-state index contributed by atoms with van der Waals surface area (Å²) in [6.45, 7) is 1.65. The first-order valence-electron chi connectivity index (χ1n) is 10.9. The zero-order chi connectivity index (χ0) is 25.7. The molecule has 0 spiro atoms. The van der Waals surface area contributed by atoms with Gasteiger partial charge in [0.05, 0.1) is 9.83 Å². The molecule has 10 heteroatoms. The van der Waals surface area contributed by atoms with E-state index in [1.54, 1.807) is 60.7 Å². The highest BCUT2D eigenvalue weighted by atomic mass is 32.2. The van der Waals surface area contributed by atoms with Crippen LogP contribution in [0.4, 0.5) is 16.2 Å². The number of thioether (sulfide) groups is 1. The lowest BCUT2D eigenvalue weighted by atomic mass is 10.1. The van der Waals surface area contributed by atoms with Gasteiger partial charge in [0.25, 0.3) is 16.8 Å². The first kappa shape index (κ1) is 24.7. The van der Waals surface area contributed by atoms with Crippen LogP contribution in [-0.4, -0.2) is 33.4 Å². The molecule has 182 valence electrons. The number of rotatable bonds is 8. The Labute approximate surface area is 210 Å². The van der Waals surface area contributed by atoms with Gasteiger partial charge >= 0.3 is 0 Å². The SMILES string of the molecule is Cc1cccc(NC(=O)CN2C(=O)S/C(=C\c3ccccc3OCc3ccc([N+](=O)[O-])cc3)C2=O)c1. The largest absolute Gasteiger partial charge is 0.488 e. The number of para-hydroxylation sites is 1. The van der Waals surface area contributed by atoms with Gasteiger partial charge in [-0.25, -0.2) is 0 Å². The van der Waals surface area contributed by atoms with E-state index in [1.165, 1.54) is 12.1 Å². The topological polar surface area (TPSA) is 119 Å². The number of carbonyl (C=O) groups excluding carboxylic acids is 3. The van der Waals surface area contributed by atoms with Gasteiger partial charge in [-0.2, -0.15) is 0 Å². The summed E-state index contributed by atoms with van der Waals surface area (Å²) in [5, 5.41) is 13.0. The van der Waals surface area contributed by atoms with Crippen LogP contribution < -0.4 is 10.1 Å². The number of nitrogens with zero attached hydrogens (tertiary/aromatic N) is 2. The molecule has 1 N–H and O–H groups in total. The fraction of sp³-hybridized carbons (Fsp3) is 0.115. The molecule has 1 aliphatic heterocycles. The van der Waals surface area contributed by atoms with Crippen LogP contribution >= 0.6 is 11.8 Å². The third-order valence-electron chi connectivity index (χ3n) is 5.22. The normalized spacial score (nSPS) is 14.2. The van der Waals surface area contributed by atoms with Crippen molar-refractivity contribution < 1.29 is 24.0 Å². The minimum atomic E-state index is -0.561. The highest BCUT2D eigenvalue weighted by Gasteiger charge is 2.36. The van der Waals surface area contributed by atoms with Crippen molar-refractivity contribution in [3.05, 3.63) is 105 Å². The highest BCUT2D eigenvalue weighted by Crippen LogP contribution is 2.34. The fourth-order valence-electron chi connectivity index (χ4n) is 3.45. The Morgan fingerprint density at radius 1 is 1.08 bits per heavy atom. The molecule has 0 atom stereocenters. The highest BCUT2D eigenvalue weighted by molar-refractivity contribution is 8.18. The molecular weight excluding hydrogens is 482 g/mol. The number of hydrogen-bond acceptors (Lipinski definition) is 7. The Kier molecular flexibility index (Phi) is 7.45. The van der Waals surface area contributed by atoms with Gasteiger partial charge in [-0.3, -0.25) is 29.4 Å². The smallest absolute Gasteiger partial charge is 0.294 e. The maximum Gasteiger partial charge on any atom is 0.294 e. The number of amides is 3. The lowest BCUT2D eigenvalue weighted by molar-refractivity contribution is -0.384. The minimum Gasteiger partial charge on any atom is -0.488 e. The molecule has 1 heterocycles. The molecule has 0 saturated carbocycles. The van der Waals surface area contributed by atoms with Crippen molar-refractivity contribution in [2.24, 2.45) is 0 Å². The van der Waals surface area contributed by atoms with Crippen LogP contribution in [0, 0.1) is 17.0 Å². The number of nitro groups is 1. The molecule has 1 saturated heterocycles. The van der Waals surface area contributed by atoms with Crippen LogP contribution in [0.1, 0.15) is 16.7 Å². The lowest BCUT2D eigenvalue weighted by Crippen LogP contribution is -2.36. The second kappa shape index (κ2) is 10.9. The molecule has 3 aromatic carbocycles. The van der Waals surface area contributed by atoms with Crippen LogP contribution in [0.2, 0.25) is 0 Å². The first-order valence-corrected chi connectivity index (χ1v) is 11.7. The van der Waals surface area contributed by atoms with E-state index >= 15 is 0 Å². The van der Waals surface area contributed by atoms with Crippen molar-refractivity contribution in [2.75, 3.05) is 11.9 Å². The zero-order valence-electron chi connectivity index (χ0n) is 19.2. The number of hydrogen-bond donors (Lipinski definition) is 1. The molecule has 0 aromatic heterocycles. The van der Waals surface area contributed by atoms with Gasteiger partial charge in [-0.1, -0.05) is 30.3 Å². The summed E-state index contributed by atoms with van der Waals surface area (Å²) >= 11 is 0.754. The Morgan fingerprint density at radius 2 is 1.83 bits per heavy atom. The number of benzene rings is 3. The van der Waals surface area contributed by atoms with Gasteiger partial charge in [-0.05, 0) is 66.2 Å². The molecule has 1 fully saturated rings. The second-order valence-corrected chi connectivity index (χ2v) is 8.93. The maximum absolute atomic E-state index is 12.9. The van der Waals surface area contributed by atoms with Crippen molar-refractivity contribution in [3.8, 4) is 5.75 Å². The van der Waals surface area contributed by atoms with Crippen LogP contribution in [0.15, 0.2) is 77.7 Å². The van der Waals surface area contributed by atoms with E-state index in [2.05, 4.69) is 5.32 Å². The second-order valence-electron chi connectivity index (χ2n) is 7.94. The summed E-state index contributed by atoms with van der Waals surface area (Å²) in [6.07, 6.45) is 1.55. The van der Waals surface area contributed by atoms with Crippen molar-refractivity contribution in [1.82, 2.24) is 4.90 Å². The predicted molar refractivity (Wildman–Crippen MR) is 136 cm³/mol. The van der Waals surface area contributed by atoms with Gasteiger partial charge in [0.15, 0.2) is 0 Å². The van der Waals surface area contributed by atoms with E-state index in [1.807, 2.05) is 13.0 Å². The fourth-order valence-corrected chi connectivity index (χ4v) is 4.28. The van der Waals surface area contributed by atoms with E-state index in [0.29, 0.717) is 17.0 Å². The van der Waals surface area contributed by atoms with Gasteiger partial charge in [0, 0.05) is 23.4 Å². The molecule has 36 heavy (non-hydrogen) atoms. The Morgan fingerprint density at radius 3 is 2.56 bits per heavy atom. The molecule has 1 aliphatic rings. The van der Waals surface area contributed by atoms with Gasteiger partial charge < -0.3 is 10.1 Å². The number of ether oxygens (including phenoxy) is 1. The van der Waals surface area contributed by atoms with Crippen LogP contribution in [0.5, 0.6) is 5.75 Å². The summed E-state index contributed by atoms with van der Waals surface area (Å²) in [7, 11) is 0. The molecule has 0 aliphatic carbocycles. The Balaban J connectivity index is 1.43. The Bertz CT molecular complexity index is 1370. The number of anilines is 1. The third-order valence-corrected chi connectivity index (χ3v) is 6.13. The number of nitro benzene ring substituents is 1. The van der Waals surface area contributed by atoms with Gasteiger partial charge in [0.2, 0.25) is 5.91 Å². The standard InChI is InChI=1S/C26H21N3O6S/c1-17-5-4-7-20(13-17)27-24(30)15-28-25(31)23(36-26(28)32)14-19-6-2-3-8-22(19)35-16-18-9-11-21(12-10-18)29(33)34/h2-14H,15-16H2,1H3,(H,27,30)/b23-14-. The number of non-ortho nitro benzene ring substituents is 1. The van der Waals surface area contributed by atoms with Crippen LogP contribution in [0.25, 0.3) is 6.08 Å². The van der Waals surface area contributed by atoms with E-state index in [9.17, 15) is 24.5 Å². The van der Waals surface area contributed by atoms with E-state index in [0.717, 1.165) is 27.8 Å². The van der Waals surface area contributed by atoms with Crippen LogP contribution in [-0.2, 0) is 16.2 Å². The average Bonchev–Trinajstić information content (AvgIpc) is 3.11. The summed E-state index contributed by atoms with van der Waals surface area (Å²) < 4.78 is 5.87. The molecule has 3 aromatic rings. The summed E-state index contributed by atoms with van der Waals surface area (Å²) in [6, 6.07) is 20.2. The quantitative estimate of drug-likeness (QED) is 0.256. The van der Waals surface area contributed by atoms with Crippen molar-refractivity contribution in [3.63, 3.8) is 0 Å². The van der Waals surface area contributed by atoms with E-state index in [-0.39, 0.29) is 17.2 Å². The summed E-state index contributed by atoms with van der Waals surface area (Å²) in [5.74, 6) is -0.564. The van der Waals surface area contributed by atoms with E-state index in [4.69, 9.17) is 4.74 Å². The van der Waals surface area contributed by atoms with Gasteiger partial charge in [-0.15, -0.1) is 0 Å². The average molecular weight is 504 g/mol. The predicted octanol–water partition coefficient (Wildman–Crippen LogP) is 5.16. The molecule has 9 nitrogen and oxygen atoms in total. The Hall–Kier alpha value is -4.44. The minimum absolute atomic E-state index is 0.0116. The lowest BCUT2D eigenvalue weighted by Gasteiger charge is -2.13. The maximum atomic E-state index is 12.9. The van der Waals surface area contributed by atoms with Crippen LogP contribution in [0.3, 0.4) is 0 Å². The number of carbonyl (C=O) groups is 3. The molecular formula is C26H21N3O6S. The van der Waals surface area contributed by atoms with E-state index < -0.39 is 28.5 Å². The molecule has 0 radical (unpaired) electrons. The molecule has 3 amide bonds. The molecule has 4 rings (SSSR count).